The fraction of sp³-hybridized carbons (Fsp3) is 0.385. The van der Waals surface area contributed by atoms with E-state index in [4.69, 9.17) is 10.7 Å². The number of nitrogens with two attached hydrogens (primary N) is 1. The zero-order valence-electron chi connectivity index (χ0n) is 19.2. The summed E-state index contributed by atoms with van der Waals surface area (Å²) in [5, 5.41) is 9.66. The second kappa shape index (κ2) is 8.43. The number of hydrogen-bond acceptors (Lipinski definition) is 5. The molecule has 0 unspecified atom stereocenters. The van der Waals surface area contributed by atoms with Crippen LogP contribution in [0.15, 0.2) is 42.6 Å². The number of anilines is 2. The van der Waals surface area contributed by atoms with Gasteiger partial charge in [-0.15, -0.1) is 0 Å². The van der Waals surface area contributed by atoms with Crippen LogP contribution in [0.2, 0.25) is 0 Å². The number of nitrogens with zero attached hydrogens (tertiary/aromatic N) is 3. The molecule has 6 nitrogen and oxygen atoms in total. The first-order valence-corrected chi connectivity index (χ1v) is 11.6. The molecule has 32 heavy (non-hydrogen) atoms. The highest BCUT2D eigenvalue weighted by molar-refractivity contribution is 5.92. The highest BCUT2D eigenvalue weighted by atomic mass is 15.1. The van der Waals surface area contributed by atoms with E-state index in [1.165, 1.54) is 34.9 Å². The van der Waals surface area contributed by atoms with Crippen LogP contribution >= 0.6 is 0 Å². The highest BCUT2D eigenvalue weighted by Gasteiger charge is 2.23. The van der Waals surface area contributed by atoms with Crippen LogP contribution < -0.4 is 16.4 Å². The van der Waals surface area contributed by atoms with Gasteiger partial charge in [-0.3, -0.25) is 0 Å². The summed E-state index contributed by atoms with van der Waals surface area (Å²) >= 11 is 0. The molecule has 0 bridgehead atoms. The summed E-state index contributed by atoms with van der Waals surface area (Å²) in [4.78, 5) is 9.35. The number of rotatable bonds is 5. The number of nitrogen functional groups attached to an aromatic ring is 1. The van der Waals surface area contributed by atoms with Crippen LogP contribution in [-0.2, 0) is 13.6 Å². The lowest BCUT2D eigenvalue weighted by Gasteiger charge is -2.30. The molecule has 1 aliphatic rings. The smallest absolute Gasteiger partial charge is 0.225 e. The molecule has 0 aliphatic heterocycles. The Morgan fingerprint density at radius 1 is 1.06 bits per heavy atom. The molecule has 5 rings (SSSR count). The van der Waals surface area contributed by atoms with E-state index in [2.05, 4.69) is 77.6 Å². The zero-order valence-corrected chi connectivity index (χ0v) is 19.2. The molecule has 1 fully saturated rings. The Kier molecular flexibility index (Phi) is 5.47. The van der Waals surface area contributed by atoms with Crippen LogP contribution in [-0.4, -0.2) is 26.6 Å². The Morgan fingerprint density at radius 2 is 1.88 bits per heavy atom. The summed E-state index contributed by atoms with van der Waals surface area (Å²) in [5.41, 5.74) is 12.2. The van der Waals surface area contributed by atoms with E-state index in [-0.39, 0.29) is 0 Å². The van der Waals surface area contributed by atoms with Gasteiger partial charge >= 0.3 is 0 Å². The van der Waals surface area contributed by atoms with Gasteiger partial charge in [0, 0.05) is 48.2 Å². The molecule has 4 N–H and O–H groups in total. The molecule has 4 aromatic rings. The van der Waals surface area contributed by atoms with E-state index in [1.54, 1.807) is 0 Å². The summed E-state index contributed by atoms with van der Waals surface area (Å²) < 4.78 is 2.21. The van der Waals surface area contributed by atoms with Crippen LogP contribution in [0.25, 0.3) is 21.8 Å². The quantitative estimate of drug-likeness (QED) is 0.424. The van der Waals surface area contributed by atoms with Gasteiger partial charge in [0.15, 0.2) is 0 Å². The maximum Gasteiger partial charge on any atom is 0.225 e. The van der Waals surface area contributed by atoms with Crippen LogP contribution in [0.3, 0.4) is 0 Å². The predicted octanol–water partition coefficient (Wildman–Crippen LogP) is 4.83. The minimum absolute atomic E-state index is 0.345. The van der Waals surface area contributed by atoms with E-state index in [9.17, 15) is 0 Å². The van der Waals surface area contributed by atoms with Gasteiger partial charge < -0.3 is 20.9 Å². The lowest BCUT2D eigenvalue weighted by molar-refractivity contribution is 0.350. The minimum atomic E-state index is 0.345. The Morgan fingerprint density at radius 3 is 2.75 bits per heavy atom. The van der Waals surface area contributed by atoms with Crippen molar-refractivity contribution >= 4 is 33.6 Å². The third kappa shape index (κ3) is 3.91. The highest BCUT2D eigenvalue weighted by Crippen LogP contribution is 2.28. The maximum absolute atomic E-state index is 6.31. The Balaban J connectivity index is 1.27. The van der Waals surface area contributed by atoms with Gasteiger partial charge in [0.25, 0.3) is 0 Å². The molecule has 6 heteroatoms. The first-order valence-electron chi connectivity index (χ1n) is 11.6. The topological polar surface area (TPSA) is 80.8 Å². The first kappa shape index (κ1) is 20.8. The second-order valence-electron chi connectivity index (χ2n) is 9.20. The molecule has 0 spiro atoms. The monoisotopic (exact) mass is 428 g/mol. The zero-order chi connectivity index (χ0) is 22.2. The molecule has 2 aromatic heterocycles. The van der Waals surface area contributed by atoms with Crippen molar-refractivity contribution < 1.29 is 0 Å². The van der Waals surface area contributed by atoms with Crippen LogP contribution in [0.1, 0.15) is 42.4 Å². The number of aromatic nitrogens is 3. The summed E-state index contributed by atoms with van der Waals surface area (Å²) in [6, 6.07) is 13.6. The molecule has 0 amide bonds. The number of fused-ring (bicyclic) bond motifs is 2. The fourth-order valence-corrected chi connectivity index (χ4v) is 5.10. The van der Waals surface area contributed by atoms with Gasteiger partial charge in [-0.2, -0.15) is 4.98 Å². The van der Waals surface area contributed by atoms with Crippen LogP contribution in [0.4, 0.5) is 11.8 Å². The van der Waals surface area contributed by atoms with E-state index in [0.29, 0.717) is 23.8 Å². The van der Waals surface area contributed by atoms with Crippen molar-refractivity contribution in [1.29, 1.82) is 0 Å². The van der Waals surface area contributed by atoms with E-state index in [0.717, 1.165) is 35.9 Å². The summed E-state index contributed by atoms with van der Waals surface area (Å²) in [7, 11) is 2.12. The molecule has 0 saturated heterocycles. The van der Waals surface area contributed by atoms with Crippen molar-refractivity contribution in [2.24, 2.45) is 7.05 Å². The van der Waals surface area contributed by atoms with Gasteiger partial charge in [-0.05, 0) is 68.4 Å². The van der Waals surface area contributed by atoms with Crippen molar-refractivity contribution in [3.05, 3.63) is 59.3 Å². The molecule has 2 atom stereocenters. The van der Waals surface area contributed by atoms with Gasteiger partial charge in [-0.1, -0.05) is 24.3 Å². The fourth-order valence-electron chi connectivity index (χ4n) is 5.10. The normalized spacial score (nSPS) is 19.0. The Labute approximate surface area is 189 Å². The molecule has 2 aromatic carbocycles. The van der Waals surface area contributed by atoms with E-state index >= 15 is 0 Å². The minimum Gasteiger partial charge on any atom is -0.383 e. The summed E-state index contributed by atoms with van der Waals surface area (Å²) in [5.74, 6) is 1.19. The molecule has 0 radical (unpaired) electrons. The van der Waals surface area contributed by atoms with Crippen molar-refractivity contribution in [2.45, 2.75) is 58.2 Å². The van der Waals surface area contributed by atoms with Gasteiger partial charge in [0.05, 0.1) is 5.52 Å². The molecule has 1 saturated carbocycles. The van der Waals surface area contributed by atoms with Gasteiger partial charge in [0.2, 0.25) is 5.95 Å². The molecule has 1 aliphatic carbocycles. The van der Waals surface area contributed by atoms with Crippen molar-refractivity contribution in [1.82, 2.24) is 19.9 Å². The van der Waals surface area contributed by atoms with Crippen molar-refractivity contribution in [3.8, 4) is 0 Å². The summed E-state index contributed by atoms with van der Waals surface area (Å²) in [6.45, 7) is 5.06. The van der Waals surface area contributed by atoms with E-state index in [1.807, 2.05) is 6.07 Å². The standard InChI is InChI=1S/C26H32N6/c1-16-11-12-22-24(17(16)2)25(27)31-26(30-22)29-20-8-6-7-19(13-20)28-14-18-15-32(3)23-10-5-4-9-21(18)23/h4-5,9-12,15,19-20,28H,6-8,13-14H2,1-3H3,(H3,27,29,30,31)/t19-,20-/m1/s1. The summed E-state index contributed by atoms with van der Waals surface area (Å²) in [6.07, 6.45) is 6.81. The second-order valence-corrected chi connectivity index (χ2v) is 9.20. The van der Waals surface area contributed by atoms with Gasteiger partial charge in [-0.25, -0.2) is 4.98 Å². The average Bonchev–Trinajstić information content (AvgIpc) is 3.11. The Bertz CT molecular complexity index is 1270. The van der Waals surface area contributed by atoms with Crippen molar-refractivity contribution in [2.75, 3.05) is 11.1 Å². The number of para-hydroxylation sites is 1. The average molecular weight is 429 g/mol. The third-order valence-electron chi connectivity index (χ3n) is 6.99. The van der Waals surface area contributed by atoms with Crippen LogP contribution in [0.5, 0.6) is 0 Å². The number of nitrogens with one attached hydrogen (secondary N) is 2. The lowest BCUT2D eigenvalue weighted by Crippen LogP contribution is -2.38. The molecule has 2 heterocycles. The van der Waals surface area contributed by atoms with Crippen molar-refractivity contribution in [3.63, 3.8) is 0 Å². The SMILES string of the molecule is Cc1ccc2nc(N[C@@H]3CCC[C@@H](NCc4cn(C)c5ccccc45)C3)nc(N)c2c1C. The van der Waals surface area contributed by atoms with E-state index < -0.39 is 0 Å². The van der Waals surface area contributed by atoms with Gasteiger partial charge in [0.1, 0.15) is 5.82 Å². The number of benzene rings is 2. The predicted molar refractivity (Wildman–Crippen MR) is 133 cm³/mol. The Hall–Kier alpha value is -3.12. The largest absolute Gasteiger partial charge is 0.383 e. The number of aryl methyl sites for hydroxylation is 3. The molecular weight excluding hydrogens is 396 g/mol. The number of hydrogen-bond donors (Lipinski definition) is 3. The van der Waals surface area contributed by atoms with Crippen LogP contribution in [0, 0.1) is 13.8 Å². The lowest BCUT2D eigenvalue weighted by atomic mass is 9.91. The molecular formula is C26H32N6. The molecule has 166 valence electrons. The maximum atomic E-state index is 6.31. The third-order valence-corrected chi connectivity index (χ3v) is 6.99. The first-order chi connectivity index (χ1) is 15.5.